The molecule has 0 unspecified atom stereocenters. The molecule has 5 rings (SSSR count). The summed E-state index contributed by atoms with van der Waals surface area (Å²) in [5.74, 6) is -0.513. The van der Waals surface area contributed by atoms with Crippen LogP contribution in [0.2, 0.25) is 0 Å². The van der Waals surface area contributed by atoms with Crippen molar-refractivity contribution >= 4 is 22.9 Å². The van der Waals surface area contributed by atoms with E-state index >= 15 is 0 Å². The molecule has 0 aliphatic heterocycles. The summed E-state index contributed by atoms with van der Waals surface area (Å²) >= 11 is 0. The minimum atomic E-state index is -0.337. The molecular formula is C25H22FN7O. The van der Waals surface area contributed by atoms with E-state index in [2.05, 4.69) is 37.6 Å². The Morgan fingerprint density at radius 1 is 1.03 bits per heavy atom. The van der Waals surface area contributed by atoms with Crippen LogP contribution in [-0.2, 0) is 17.9 Å². The fraction of sp³-hybridized carbons (Fsp3) is 0.160. The number of carbonyl (C=O) groups excluding carboxylic acids is 1. The predicted octanol–water partition coefficient (Wildman–Crippen LogP) is 4.13. The van der Waals surface area contributed by atoms with Crippen LogP contribution in [-0.4, -0.2) is 35.4 Å². The summed E-state index contributed by atoms with van der Waals surface area (Å²) in [7, 11) is 0. The zero-order valence-corrected chi connectivity index (χ0v) is 18.7. The van der Waals surface area contributed by atoms with Gasteiger partial charge in [0.2, 0.25) is 11.9 Å². The van der Waals surface area contributed by atoms with Crippen molar-refractivity contribution in [2.24, 2.45) is 0 Å². The van der Waals surface area contributed by atoms with E-state index in [0.717, 1.165) is 27.8 Å². The number of halogens is 1. The number of rotatable bonds is 6. The highest BCUT2D eigenvalue weighted by atomic mass is 19.1. The Morgan fingerprint density at radius 3 is 2.71 bits per heavy atom. The highest BCUT2D eigenvalue weighted by Crippen LogP contribution is 2.30. The second-order valence-electron chi connectivity index (χ2n) is 8.07. The average molecular weight is 455 g/mol. The van der Waals surface area contributed by atoms with Crippen molar-refractivity contribution in [3.63, 3.8) is 0 Å². The van der Waals surface area contributed by atoms with E-state index in [1.54, 1.807) is 29.1 Å². The van der Waals surface area contributed by atoms with Crippen molar-refractivity contribution in [1.29, 1.82) is 0 Å². The SMILES string of the molecule is Cc1cccc(-c2ccnc3c2c(C)nn3CC(=O)Nc2ncn(Cc3ccccc3F)n2)c1. The maximum Gasteiger partial charge on any atom is 0.248 e. The van der Waals surface area contributed by atoms with E-state index in [1.165, 1.54) is 17.1 Å². The topological polar surface area (TPSA) is 90.5 Å². The molecule has 8 nitrogen and oxygen atoms in total. The average Bonchev–Trinajstić information content (AvgIpc) is 3.39. The van der Waals surface area contributed by atoms with E-state index in [4.69, 9.17) is 0 Å². The zero-order valence-electron chi connectivity index (χ0n) is 18.7. The molecular weight excluding hydrogens is 433 g/mol. The second kappa shape index (κ2) is 8.86. The van der Waals surface area contributed by atoms with Crippen LogP contribution in [0, 0.1) is 19.7 Å². The van der Waals surface area contributed by atoms with Gasteiger partial charge < -0.3 is 0 Å². The first-order valence-corrected chi connectivity index (χ1v) is 10.8. The third-order valence-electron chi connectivity index (χ3n) is 5.51. The number of hydrogen-bond acceptors (Lipinski definition) is 5. The molecule has 9 heteroatoms. The Labute approximate surface area is 195 Å². The molecule has 1 amide bonds. The van der Waals surface area contributed by atoms with Gasteiger partial charge in [-0.25, -0.2) is 23.7 Å². The largest absolute Gasteiger partial charge is 0.292 e. The summed E-state index contributed by atoms with van der Waals surface area (Å²) in [4.78, 5) is 21.3. The van der Waals surface area contributed by atoms with Crippen molar-refractivity contribution in [3.05, 3.63) is 89.8 Å². The Kier molecular flexibility index (Phi) is 5.59. The lowest BCUT2D eigenvalue weighted by molar-refractivity contribution is -0.116. The molecule has 3 heterocycles. The number of fused-ring (bicyclic) bond motifs is 1. The monoisotopic (exact) mass is 455 g/mol. The third-order valence-corrected chi connectivity index (χ3v) is 5.51. The molecule has 0 aliphatic rings. The molecule has 0 saturated heterocycles. The summed E-state index contributed by atoms with van der Waals surface area (Å²) in [5, 5.41) is 12.4. The first-order chi connectivity index (χ1) is 16.5. The lowest BCUT2D eigenvalue weighted by Crippen LogP contribution is -2.20. The molecule has 5 aromatic rings. The molecule has 0 aliphatic carbocycles. The quantitative estimate of drug-likeness (QED) is 0.416. The van der Waals surface area contributed by atoms with Gasteiger partial charge in [0.25, 0.3) is 0 Å². The van der Waals surface area contributed by atoms with Crippen LogP contribution < -0.4 is 5.32 Å². The maximum atomic E-state index is 13.9. The first kappa shape index (κ1) is 21.4. The lowest BCUT2D eigenvalue weighted by Gasteiger charge is -2.06. The van der Waals surface area contributed by atoms with E-state index in [1.807, 2.05) is 32.0 Å². The van der Waals surface area contributed by atoms with Gasteiger partial charge in [-0.05, 0) is 37.1 Å². The Morgan fingerprint density at radius 2 is 1.88 bits per heavy atom. The van der Waals surface area contributed by atoms with Crippen LogP contribution >= 0.6 is 0 Å². The van der Waals surface area contributed by atoms with Gasteiger partial charge in [-0.2, -0.15) is 5.10 Å². The van der Waals surface area contributed by atoms with Crippen LogP contribution in [0.15, 0.2) is 67.1 Å². The van der Waals surface area contributed by atoms with Gasteiger partial charge in [-0.15, -0.1) is 5.10 Å². The van der Waals surface area contributed by atoms with Gasteiger partial charge in [0, 0.05) is 17.1 Å². The van der Waals surface area contributed by atoms with Crippen LogP contribution in [0.25, 0.3) is 22.2 Å². The number of nitrogens with zero attached hydrogens (tertiary/aromatic N) is 6. The Balaban J connectivity index is 1.34. The number of aryl methyl sites for hydroxylation is 2. The molecule has 1 N–H and O–H groups in total. The predicted molar refractivity (Wildman–Crippen MR) is 127 cm³/mol. The molecule has 3 aromatic heterocycles. The van der Waals surface area contributed by atoms with Gasteiger partial charge in [0.05, 0.1) is 12.2 Å². The number of hydrogen-bond donors (Lipinski definition) is 1. The highest BCUT2D eigenvalue weighted by molar-refractivity contribution is 5.96. The molecule has 0 spiro atoms. The maximum absolute atomic E-state index is 13.9. The summed E-state index contributed by atoms with van der Waals surface area (Å²) in [6.07, 6.45) is 3.17. The van der Waals surface area contributed by atoms with Crippen molar-refractivity contribution in [2.75, 3.05) is 5.32 Å². The third kappa shape index (κ3) is 4.27. The number of pyridine rings is 1. The second-order valence-corrected chi connectivity index (χ2v) is 8.07. The van der Waals surface area contributed by atoms with Crippen molar-refractivity contribution in [1.82, 2.24) is 29.5 Å². The van der Waals surface area contributed by atoms with Crippen molar-refractivity contribution < 1.29 is 9.18 Å². The number of amides is 1. The summed E-state index contributed by atoms with van der Waals surface area (Å²) in [6, 6.07) is 16.6. The van der Waals surface area contributed by atoms with Crippen LogP contribution in [0.1, 0.15) is 16.8 Å². The van der Waals surface area contributed by atoms with Crippen molar-refractivity contribution in [3.8, 4) is 11.1 Å². The van der Waals surface area contributed by atoms with E-state index < -0.39 is 0 Å². The zero-order chi connectivity index (χ0) is 23.7. The number of nitrogens with one attached hydrogen (secondary N) is 1. The molecule has 0 saturated carbocycles. The van der Waals surface area contributed by atoms with E-state index in [0.29, 0.717) is 11.2 Å². The minimum Gasteiger partial charge on any atom is -0.292 e. The van der Waals surface area contributed by atoms with E-state index in [-0.39, 0.29) is 30.8 Å². The molecule has 0 radical (unpaired) electrons. The molecule has 170 valence electrons. The Hall–Kier alpha value is -4.40. The first-order valence-electron chi connectivity index (χ1n) is 10.8. The summed E-state index contributed by atoms with van der Waals surface area (Å²) < 4.78 is 16.9. The van der Waals surface area contributed by atoms with E-state index in [9.17, 15) is 9.18 Å². The molecule has 34 heavy (non-hydrogen) atoms. The number of aromatic nitrogens is 6. The molecule has 0 fully saturated rings. The normalized spacial score (nSPS) is 11.1. The van der Waals surface area contributed by atoms with Crippen LogP contribution in [0.3, 0.4) is 0 Å². The number of carbonyl (C=O) groups is 1. The number of anilines is 1. The van der Waals surface area contributed by atoms with Crippen LogP contribution in [0.4, 0.5) is 10.3 Å². The van der Waals surface area contributed by atoms with Gasteiger partial charge in [0.1, 0.15) is 18.7 Å². The molecule has 0 bridgehead atoms. The molecule has 0 atom stereocenters. The van der Waals surface area contributed by atoms with Gasteiger partial charge in [-0.1, -0.05) is 48.0 Å². The Bertz CT molecular complexity index is 1500. The summed E-state index contributed by atoms with van der Waals surface area (Å²) in [6.45, 7) is 4.12. The van der Waals surface area contributed by atoms with Crippen molar-refractivity contribution in [2.45, 2.75) is 26.9 Å². The fourth-order valence-electron chi connectivity index (χ4n) is 3.97. The lowest BCUT2D eigenvalue weighted by atomic mass is 10.0. The minimum absolute atomic E-state index is 0.0452. The number of benzene rings is 2. The van der Waals surface area contributed by atoms with Gasteiger partial charge >= 0.3 is 0 Å². The standard InChI is InChI=1S/C25H22FN7O/c1-16-6-5-8-18(12-16)20-10-11-27-24-23(20)17(2)30-33(24)14-22(34)29-25-28-15-32(31-25)13-19-7-3-4-9-21(19)26/h3-12,15H,13-14H2,1-2H3,(H,29,31,34). The fourth-order valence-corrected chi connectivity index (χ4v) is 3.97. The molecule has 2 aromatic carbocycles. The van der Waals surface area contributed by atoms with Gasteiger partial charge in [0.15, 0.2) is 5.65 Å². The smallest absolute Gasteiger partial charge is 0.248 e. The van der Waals surface area contributed by atoms with Crippen LogP contribution in [0.5, 0.6) is 0 Å². The van der Waals surface area contributed by atoms with Gasteiger partial charge in [-0.3, -0.25) is 10.1 Å². The highest BCUT2D eigenvalue weighted by Gasteiger charge is 2.17. The summed E-state index contributed by atoms with van der Waals surface area (Å²) in [5.41, 5.74) is 5.16.